The number of nitrogens with zero attached hydrogens (tertiary/aromatic N) is 3. The van der Waals surface area contributed by atoms with Crippen molar-refractivity contribution < 1.29 is 9.59 Å². The molecule has 3 N–H and O–H groups in total. The van der Waals surface area contributed by atoms with Crippen LogP contribution < -0.4 is 11.1 Å². The Labute approximate surface area is 215 Å². The third kappa shape index (κ3) is 4.42. The Morgan fingerprint density at radius 1 is 0.944 bits per heavy atom. The van der Waals surface area contributed by atoms with Crippen LogP contribution in [0.2, 0.25) is 5.02 Å². The van der Waals surface area contributed by atoms with Crippen LogP contribution in [-0.4, -0.2) is 47.3 Å². The molecule has 7 nitrogen and oxygen atoms in total. The molecule has 2 aliphatic rings. The van der Waals surface area contributed by atoms with Gasteiger partial charge in [-0.25, -0.2) is 9.79 Å². The molecule has 0 aliphatic carbocycles. The third-order valence-electron chi connectivity index (χ3n) is 6.95. The number of halogens is 1. The number of carbonyl (C=O) groups is 2. The molecular formula is C28H28ClN5O2. The Kier molecular flexibility index (Phi) is 6.65. The lowest BCUT2D eigenvalue weighted by Gasteiger charge is -2.34. The highest BCUT2D eigenvalue weighted by atomic mass is 35.5. The number of anilines is 1. The summed E-state index contributed by atoms with van der Waals surface area (Å²) >= 11 is 6.17. The van der Waals surface area contributed by atoms with Crippen LogP contribution in [0, 0.1) is 5.92 Å². The van der Waals surface area contributed by atoms with Gasteiger partial charge >= 0.3 is 6.03 Å². The summed E-state index contributed by atoms with van der Waals surface area (Å²) in [6.07, 6.45) is 1.52. The molecule has 2 aliphatic heterocycles. The molecule has 0 aromatic heterocycles. The Hall–Kier alpha value is -3.84. The standard InChI is InChI=1S/C28H28ClN5O2/c29-23-13-7-8-14-24(23)31-27(36)33-17-15-20(16-18-33)19-34-25(35)28(32-26(34)30,21-9-3-1-4-10-21)22-11-5-2-6-12-22/h1-14,20H,15-19H2,(H2,30,32)(H,31,36). The minimum absolute atomic E-state index is 0.142. The highest BCUT2D eigenvalue weighted by Gasteiger charge is 2.50. The number of nitrogens with one attached hydrogen (secondary N) is 1. The number of hydrogen-bond donors (Lipinski definition) is 2. The maximum absolute atomic E-state index is 14.0. The zero-order valence-corrected chi connectivity index (χ0v) is 20.6. The van der Waals surface area contributed by atoms with Crippen LogP contribution in [0.4, 0.5) is 10.5 Å². The van der Waals surface area contributed by atoms with Crippen molar-refractivity contribution >= 4 is 35.2 Å². The maximum Gasteiger partial charge on any atom is 0.321 e. The van der Waals surface area contributed by atoms with Gasteiger partial charge in [0.2, 0.25) is 0 Å². The SMILES string of the molecule is NC1=NC(c2ccccc2)(c2ccccc2)C(=O)N1CC1CCN(C(=O)Nc2ccccc2Cl)CC1. The molecule has 0 unspecified atom stereocenters. The molecule has 5 rings (SSSR count). The molecule has 36 heavy (non-hydrogen) atoms. The molecule has 0 spiro atoms. The van der Waals surface area contributed by atoms with Gasteiger partial charge in [0.1, 0.15) is 0 Å². The van der Waals surface area contributed by atoms with E-state index in [1.54, 1.807) is 21.9 Å². The number of likely N-dealkylation sites (tertiary alicyclic amines) is 1. The van der Waals surface area contributed by atoms with Gasteiger partial charge in [0.25, 0.3) is 5.91 Å². The second kappa shape index (κ2) is 10.0. The van der Waals surface area contributed by atoms with Crippen molar-refractivity contribution in [1.29, 1.82) is 0 Å². The van der Waals surface area contributed by atoms with E-state index in [-0.39, 0.29) is 23.8 Å². The number of hydrogen-bond acceptors (Lipinski definition) is 4. The first-order valence-electron chi connectivity index (χ1n) is 12.1. The van der Waals surface area contributed by atoms with Crippen LogP contribution in [-0.2, 0) is 10.3 Å². The second-order valence-electron chi connectivity index (χ2n) is 9.17. The van der Waals surface area contributed by atoms with Gasteiger partial charge < -0.3 is 16.0 Å². The summed E-state index contributed by atoms with van der Waals surface area (Å²) in [6.45, 7) is 1.64. The summed E-state index contributed by atoms with van der Waals surface area (Å²) in [5.74, 6) is 0.289. The summed E-state index contributed by atoms with van der Waals surface area (Å²) in [6, 6.07) is 26.1. The molecule has 3 amide bonds. The number of amides is 3. The normalized spacial score (nSPS) is 17.7. The van der Waals surface area contributed by atoms with Crippen molar-refractivity contribution in [3.63, 3.8) is 0 Å². The van der Waals surface area contributed by atoms with E-state index in [2.05, 4.69) is 5.32 Å². The summed E-state index contributed by atoms with van der Waals surface area (Å²) in [7, 11) is 0. The van der Waals surface area contributed by atoms with Crippen LogP contribution in [0.25, 0.3) is 0 Å². The van der Waals surface area contributed by atoms with Gasteiger partial charge in [0.15, 0.2) is 11.5 Å². The number of benzene rings is 3. The molecule has 2 heterocycles. The quantitative estimate of drug-likeness (QED) is 0.531. The molecule has 1 fully saturated rings. The van der Waals surface area contributed by atoms with Crippen molar-refractivity contribution in [2.45, 2.75) is 18.4 Å². The number of guanidine groups is 1. The maximum atomic E-state index is 14.0. The number of rotatable bonds is 5. The van der Waals surface area contributed by atoms with Gasteiger partial charge in [-0.3, -0.25) is 9.69 Å². The number of para-hydroxylation sites is 1. The fourth-order valence-electron chi connectivity index (χ4n) is 4.99. The van der Waals surface area contributed by atoms with Crippen LogP contribution in [0.15, 0.2) is 89.9 Å². The van der Waals surface area contributed by atoms with E-state index < -0.39 is 5.54 Å². The average molecular weight is 502 g/mol. The Bertz CT molecular complexity index is 1230. The Morgan fingerprint density at radius 2 is 1.50 bits per heavy atom. The molecule has 0 radical (unpaired) electrons. The van der Waals surface area contributed by atoms with Crippen molar-refractivity contribution in [2.75, 3.05) is 25.0 Å². The summed E-state index contributed by atoms with van der Waals surface area (Å²) in [5, 5.41) is 3.38. The van der Waals surface area contributed by atoms with Crippen molar-refractivity contribution in [3.8, 4) is 0 Å². The molecule has 0 saturated carbocycles. The largest absolute Gasteiger partial charge is 0.369 e. The molecule has 3 aromatic carbocycles. The fraction of sp³-hybridized carbons (Fsp3) is 0.250. The van der Waals surface area contributed by atoms with Crippen LogP contribution in [0.5, 0.6) is 0 Å². The number of nitrogens with two attached hydrogens (primary N) is 1. The lowest BCUT2D eigenvalue weighted by Crippen LogP contribution is -2.48. The molecule has 1 saturated heterocycles. The highest BCUT2D eigenvalue weighted by molar-refractivity contribution is 6.33. The smallest absolute Gasteiger partial charge is 0.321 e. The third-order valence-corrected chi connectivity index (χ3v) is 7.28. The van der Waals surface area contributed by atoms with Gasteiger partial charge in [0.05, 0.1) is 10.7 Å². The average Bonchev–Trinajstić information content (AvgIpc) is 3.17. The highest BCUT2D eigenvalue weighted by Crippen LogP contribution is 2.40. The van der Waals surface area contributed by atoms with Gasteiger partial charge in [0, 0.05) is 19.6 Å². The van der Waals surface area contributed by atoms with Gasteiger partial charge in [-0.1, -0.05) is 84.4 Å². The molecule has 0 atom stereocenters. The zero-order chi connectivity index (χ0) is 25.1. The van der Waals surface area contributed by atoms with Gasteiger partial charge in [-0.15, -0.1) is 0 Å². The Morgan fingerprint density at radius 3 is 2.08 bits per heavy atom. The molecule has 184 valence electrons. The van der Waals surface area contributed by atoms with Crippen LogP contribution in [0.1, 0.15) is 24.0 Å². The molecule has 8 heteroatoms. The number of carbonyl (C=O) groups excluding carboxylic acids is 2. The van der Waals surface area contributed by atoms with E-state index >= 15 is 0 Å². The van der Waals surface area contributed by atoms with E-state index in [1.807, 2.05) is 72.8 Å². The molecular weight excluding hydrogens is 474 g/mol. The molecule has 0 bridgehead atoms. The second-order valence-corrected chi connectivity index (χ2v) is 9.58. The van der Waals surface area contributed by atoms with E-state index in [0.29, 0.717) is 30.3 Å². The first-order valence-corrected chi connectivity index (χ1v) is 12.5. The number of aliphatic imine (C=N–C) groups is 1. The zero-order valence-electron chi connectivity index (χ0n) is 19.8. The minimum atomic E-state index is -1.19. The van der Waals surface area contributed by atoms with Crippen LogP contribution in [0.3, 0.4) is 0 Å². The number of urea groups is 1. The summed E-state index contributed by atoms with van der Waals surface area (Å²) in [4.78, 5) is 34.9. The van der Waals surface area contributed by atoms with Gasteiger partial charge in [-0.2, -0.15) is 0 Å². The van der Waals surface area contributed by atoms with E-state index in [0.717, 1.165) is 24.0 Å². The summed E-state index contributed by atoms with van der Waals surface area (Å²) in [5.41, 5.74) is 7.36. The van der Waals surface area contributed by atoms with Gasteiger partial charge in [-0.05, 0) is 42.0 Å². The predicted octanol–water partition coefficient (Wildman–Crippen LogP) is 4.68. The van der Waals surface area contributed by atoms with Crippen molar-refractivity contribution in [1.82, 2.24) is 9.80 Å². The van der Waals surface area contributed by atoms with E-state index in [9.17, 15) is 9.59 Å². The first kappa shape index (κ1) is 23.9. The van der Waals surface area contributed by atoms with Crippen molar-refractivity contribution in [3.05, 3.63) is 101 Å². The monoisotopic (exact) mass is 501 g/mol. The summed E-state index contributed by atoms with van der Waals surface area (Å²) < 4.78 is 0. The van der Waals surface area contributed by atoms with Crippen LogP contribution >= 0.6 is 11.6 Å². The van der Waals surface area contributed by atoms with E-state index in [4.69, 9.17) is 22.3 Å². The minimum Gasteiger partial charge on any atom is -0.369 e. The predicted molar refractivity (Wildman–Crippen MR) is 142 cm³/mol. The van der Waals surface area contributed by atoms with E-state index in [1.165, 1.54) is 0 Å². The lowest BCUT2D eigenvalue weighted by molar-refractivity contribution is -0.130. The lowest BCUT2D eigenvalue weighted by atomic mass is 9.82. The first-order chi connectivity index (χ1) is 17.5. The topological polar surface area (TPSA) is 91.0 Å². The fourth-order valence-corrected chi connectivity index (χ4v) is 5.17. The molecule has 3 aromatic rings. The van der Waals surface area contributed by atoms with Crippen molar-refractivity contribution in [2.24, 2.45) is 16.6 Å². The Balaban J connectivity index is 1.28. The number of piperidine rings is 1.